The minimum Gasteiger partial charge on any atom is -0.381 e. The summed E-state index contributed by atoms with van der Waals surface area (Å²) in [5.41, 5.74) is 1.35. The maximum atomic E-state index is 13.1. The summed E-state index contributed by atoms with van der Waals surface area (Å²) in [6, 6.07) is 11.9. The van der Waals surface area contributed by atoms with Crippen molar-refractivity contribution in [1.82, 2.24) is 10.2 Å². The summed E-state index contributed by atoms with van der Waals surface area (Å²) < 4.78 is 5.44. The average Bonchev–Trinajstić information content (AvgIpc) is 2.97. The Balaban J connectivity index is 1.51. The molecule has 4 nitrogen and oxygen atoms in total. The van der Waals surface area contributed by atoms with Crippen LogP contribution in [0.15, 0.2) is 30.3 Å². The third-order valence-electron chi connectivity index (χ3n) is 5.98. The van der Waals surface area contributed by atoms with Crippen LogP contribution < -0.4 is 5.32 Å². The fourth-order valence-corrected chi connectivity index (χ4v) is 4.65. The van der Waals surface area contributed by atoms with Crippen molar-refractivity contribution in [1.29, 1.82) is 0 Å². The molecule has 4 heteroatoms. The molecule has 0 aromatic heterocycles. The summed E-state index contributed by atoms with van der Waals surface area (Å²) in [5.74, 6) is 0.555. The number of benzene rings is 1. The molecule has 3 heterocycles. The zero-order valence-corrected chi connectivity index (χ0v) is 14.3. The molecule has 4 rings (SSSR count). The molecule has 1 aromatic rings. The summed E-state index contributed by atoms with van der Waals surface area (Å²) >= 11 is 0. The van der Waals surface area contributed by atoms with Crippen LogP contribution in [0, 0.1) is 5.92 Å². The number of nitrogens with one attached hydrogen (secondary N) is 1. The first-order valence-corrected chi connectivity index (χ1v) is 9.52. The van der Waals surface area contributed by atoms with Gasteiger partial charge in [0.15, 0.2) is 0 Å². The molecule has 130 valence electrons. The van der Waals surface area contributed by atoms with Gasteiger partial charge in [-0.25, -0.2) is 0 Å². The van der Waals surface area contributed by atoms with Crippen molar-refractivity contribution in [3.63, 3.8) is 0 Å². The molecule has 0 spiro atoms. The number of fused-ring (bicyclic) bond motifs is 1. The summed E-state index contributed by atoms with van der Waals surface area (Å²) in [5, 5.41) is 3.82. The second-order valence-electron chi connectivity index (χ2n) is 7.45. The first kappa shape index (κ1) is 16.1. The van der Waals surface area contributed by atoms with E-state index in [1.807, 2.05) is 0 Å². The molecule has 0 bridgehead atoms. The Morgan fingerprint density at radius 1 is 1.08 bits per heavy atom. The summed E-state index contributed by atoms with van der Waals surface area (Å²) in [7, 11) is 0. The highest BCUT2D eigenvalue weighted by atomic mass is 16.5. The number of rotatable bonds is 2. The Labute approximate surface area is 144 Å². The molecular weight excluding hydrogens is 300 g/mol. The van der Waals surface area contributed by atoms with Gasteiger partial charge >= 0.3 is 0 Å². The van der Waals surface area contributed by atoms with Crippen LogP contribution in [0.5, 0.6) is 0 Å². The Morgan fingerprint density at radius 2 is 1.88 bits per heavy atom. The van der Waals surface area contributed by atoms with E-state index in [1.165, 1.54) is 18.4 Å². The van der Waals surface area contributed by atoms with E-state index in [-0.39, 0.29) is 5.92 Å². The van der Waals surface area contributed by atoms with Crippen LogP contribution in [0.2, 0.25) is 0 Å². The van der Waals surface area contributed by atoms with Gasteiger partial charge in [0, 0.05) is 43.8 Å². The molecule has 24 heavy (non-hydrogen) atoms. The highest BCUT2D eigenvalue weighted by molar-refractivity contribution is 5.79. The lowest BCUT2D eigenvalue weighted by atomic mass is 9.95. The third kappa shape index (κ3) is 3.22. The van der Waals surface area contributed by atoms with Crippen molar-refractivity contribution in [2.75, 3.05) is 19.8 Å². The zero-order chi connectivity index (χ0) is 16.4. The van der Waals surface area contributed by atoms with Crippen LogP contribution in [0.3, 0.4) is 0 Å². The smallest absolute Gasteiger partial charge is 0.226 e. The maximum absolute atomic E-state index is 13.1. The van der Waals surface area contributed by atoms with Gasteiger partial charge in [0.2, 0.25) is 5.91 Å². The number of nitrogens with zero attached hydrogens (tertiary/aromatic N) is 1. The minimum atomic E-state index is 0.174. The van der Waals surface area contributed by atoms with E-state index >= 15 is 0 Å². The number of amides is 1. The van der Waals surface area contributed by atoms with Gasteiger partial charge in [0.05, 0.1) is 0 Å². The Morgan fingerprint density at radius 3 is 2.67 bits per heavy atom. The van der Waals surface area contributed by atoms with Crippen molar-refractivity contribution < 1.29 is 9.53 Å². The molecule has 1 amide bonds. The second-order valence-corrected chi connectivity index (χ2v) is 7.45. The standard InChI is InChI=1S/C20H28N2O2/c23-20(16-9-12-24-13-10-16)22-11-5-4-8-17-19(22)14-18(21-17)15-6-2-1-3-7-15/h1-3,6-7,16-19,21H,4-5,8-14H2/t17-,18-,19+/m0/s1. The lowest BCUT2D eigenvalue weighted by Gasteiger charge is -2.34. The molecule has 1 N–H and O–H groups in total. The van der Waals surface area contributed by atoms with Crippen molar-refractivity contribution in [3.05, 3.63) is 35.9 Å². The predicted octanol–water partition coefficient (Wildman–Crippen LogP) is 2.90. The minimum absolute atomic E-state index is 0.174. The number of carbonyl (C=O) groups excluding carboxylic acids is 1. The second kappa shape index (κ2) is 7.24. The van der Waals surface area contributed by atoms with Crippen LogP contribution in [-0.4, -0.2) is 42.6 Å². The van der Waals surface area contributed by atoms with E-state index in [0.717, 1.165) is 45.4 Å². The topological polar surface area (TPSA) is 41.6 Å². The lowest BCUT2D eigenvalue weighted by Crippen LogP contribution is -2.48. The van der Waals surface area contributed by atoms with Crippen molar-refractivity contribution in [3.8, 4) is 0 Å². The number of hydrogen-bond acceptors (Lipinski definition) is 3. The van der Waals surface area contributed by atoms with Crippen molar-refractivity contribution >= 4 is 5.91 Å². The van der Waals surface area contributed by atoms with Gasteiger partial charge in [-0.3, -0.25) is 4.79 Å². The van der Waals surface area contributed by atoms with E-state index in [1.54, 1.807) is 0 Å². The average molecular weight is 328 g/mol. The van der Waals surface area contributed by atoms with E-state index in [9.17, 15) is 4.79 Å². The van der Waals surface area contributed by atoms with E-state index in [4.69, 9.17) is 4.74 Å². The van der Waals surface area contributed by atoms with Crippen LogP contribution in [0.25, 0.3) is 0 Å². The van der Waals surface area contributed by atoms with Crippen molar-refractivity contribution in [2.24, 2.45) is 5.92 Å². The fourth-order valence-electron chi connectivity index (χ4n) is 4.65. The molecule has 0 saturated carbocycles. The number of ether oxygens (including phenoxy) is 1. The van der Waals surface area contributed by atoms with Crippen molar-refractivity contribution in [2.45, 2.75) is 56.7 Å². The van der Waals surface area contributed by atoms with Gasteiger partial charge in [0.1, 0.15) is 0 Å². The van der Waals surface area contributed by atoms with Gasteiger partial charge < -0.3 is 15.0 Å². The molecular formula is C20H28N2O2. The highest BCUT2D eigenvalue weighted by Gasteiger charge is 2.42. The quantitative estimate of drug-likeness (QED) is 0.908. The molecule has 3 saturated heterocycles. The van der Waals surface area contributed by atoms with E-state index in [2.05, 4.69) is 40.5 Å². The van der Waals surface area contributed by atoms with Crippen LogP contribution >= 0.6 is 0 Å². The highest BCUT2D eigenvalue weighted by Crippen LogP contribution is 2.35. The lowest BCUT2D eigenvalue weighted by molar-refractivity contribution is -0.141. The number of carbonyl (C=O) groups is 1. The molecule has 3 aliphatic heterocycles. The molecule has 0 aliphatic carbocycles. The van der Waals surface area contributed by atoms with Gasteiger partial charge in [-0.15, -0.1) is 0 Å². The monoisotopic (exact) mass is 328 g/mol. The van der Waals surface area contributed by atoms with Crippen LogP contribution in [0.1, 0.15) is 50.1 Å². The van der Waals surface area contributed by atoms with Crippen LogP contribution in [-0.2, 0) is 9.53 Å². The van der Waals surface area contributed by atoms with Gasteiger partial charge in [-0.1, -0.05) is 36.8 Å². The van der Waals surface area contributed by atoms with Gasteiger partial charge in [-0.05, 0) is 37.7 Å². The van der Waals surface area contributed by atoms with Crippen LogP contribution in [0.4, 0.5) is 0 Å². The predicted molar refractivity (Wildman–Crippen MR) is 93.6 cm³/mol. The van der Waals surface area contributed by atoms with E-state index < -0.39 is 0 Å². The van der Waals surface area contributed by atoms with E-state index in [0.29, 0.717) is 24.0 Å². The van der Waals surface area contributed by atoms with Gasteiger partial charge in [-0.2, -0.15) is 0 Å². The van der Waals surface area contributed by atoms with Gasteiger partial charge in [0.25, 0.3) is 0 Å². The third-order valence-corrected chi connectivity index (χ3v) is 5.98. The SMILES string of the molecule is O=C(C1CCOCC1)N1CCCC[C@@H]2N[C@H](c3ccccc3)C[C@H]21. The Hall–Kier alpha value is -1.39. The largest absolute Gasteiger partial charge is 0.381 e. The molecule has 3 atom stereocenters. The molecule has 3 aliphatic rings. The number of likely N-dealkylation sites (tertiary alicyclic amines) is 1. The number of hydrogen-bond donors (Lipinski definition) is 1. The summed E-state index contributed by atoms with van der Waals surface area (Å²) in [4.78, 5) is 15.4. The molecule has 0 unspecified atom stereocenters. The molecule has 1 aromatic carbocycles. The molecule has 3 fully saturated rings. The molecule has 0 radical (unpaired) electrons. The first-order chi connectivity index (χ1) is 11.8. The summed E-state index contributed by atoms with van der Waals surface area (Å²) in [6.07, 6.45) is 6.37. The Bertz CT molecular complexity index is 556. The summed E-state index contributed by atoms with van der Waals surface area (Å²) in [6.45, 7) is 2.41. The maximum Gasteiger partial charge on any atom is 0.226 e. The first-order valence-electron chi connectivity index (χ1n) is 9.52. The zero-order valence-electron chi connectivity index (χ0n) is 14.3. The normalized spacial score (nSPS) is 31.5. The Kier molecular flexibility index (Phi) is 4.86. The fraction of sp³-hybridized carbons (Fsp3) is 0.650.